The van der Waals surface area contributed by atoms with Gasteiger partial charge in [0.1, 0.15) is 0 Å². The maximum atomic E-state index is 10.2. The van der Waals surface area contributed by atoms with Crippen LogP contribution in [0.15, 0.2) is 18.7 Å². The van der Waals surface area contributed by atoms with Gasteiger partial charge in [0, 0.05) is 12.4 Å². The van der Waals surface area contributed by atoms with E-state index in [1.165, 1.54) is 6.42 Å². The second kappa shape index (κ2) is 3.50. The molecule has 1 aliphatic carbocycles. The quantitative estimate of drug-likeness (QED) is 0.750. The van der Waals surface area contributed by atoms with Crippen molar-refractivity contribution in [1.29, 1.82) is 0 Å². The van der Waals surface area contributed by atoms with Crippen LogP contribution >= 0.6 is 0 Å². The molecule has 0 spiro atoms. The number of hydrogen-bond acceptors (Lipinski definition) is 2. The first kappa shape index (κ1) is 8.75. The van der Waals surface area contributed by atoms with Crippen molar-refractivity contribution in [2.75, 3.05) is 0 Å². The summed E-state index contributed by atoms with van der Waals surface area (Å²) in [6.45, 7) is 0.701. The summed E-state index contributed by atoms with van der Waals surface area (Å²) in [6, 6.07) is 0. The van der Waals surface area contributed by atoms with Gasteiger partial charge in [0.15, 0.2) is 0 Å². The van der Waals surface area contributed by atoms with Crippen LogP contribution in [-0.2, 0) is 6.54 Å². The molecular formula is C10H16N2O. The van der Waals surface area contributed by atoms with Gasteiger partial charge in [-0.3, -0.25) is 0 Å². The Bertz CT molecular complexity index is 250. The number of aromatic nitrogens is 2. The van der Waals surface area contributed by atoms with Gasteiger partial charge in [-0.25, -0.2) is 4.98 Å². The van der Waals surface area contributed by atoms with Crippen molar-refractivity contribution in [2.24, 2.45) is 0 Å². The van der Waals surface area contributed by atoms with E-state index in [0.717, 1.165) is 25.7 Å². The van der Waals surface area contributed by atoms with E-state index in [2.05, 4.69) is 4.98 Å². The van der Waals surface area contributed by atoms with Crippen molar-refractivity contribution < 1.29 is 5.11 Å². The monoisotopic (exact) mass is 180 g/mol. The van der Waals surface area contributed by atoms with E-state index in [-0.39, 0.29) is 0 Å². The van der Waals surface area contributed by atoms with E-state index >= 15 is 0 Å². The van der Waals surface area contributed by atoms with Crippen LogP contribution in [-0.4, -0.2) is 20.3 Å². The summed E-state index contributed by atoms with van der Waals surface area (Å²) < 4.78 is 1.96. The Hall–Kier alpha value is -0.830. The predicted octanol–water partition coefficient (Wildman–Crippen LogP) is 1.58. The molecule has 0 aromatic carbocycles. The molecule has 0 unspecified atom stereocenters. The van der Waals surface area contributed by atoms with Gasteiger partial charge in [-0.1, -0.05) is 19.3 Å². The summed E-state index contributed by atoms with van der Waals surface area (Å²) in [5.74, 6) is 0. The van der Waals surface area contributed by atoms with Crippen molar-refractivity contribution in [3.05, 3.63) is 18.7 Å². The van der Waals surface area contributed by atoms with Crippen molar-refractivity contribution in [2.45, 2.75) is 44.2 Å². The second-order valence-corrected chi connectivity index (χ2v) is 4.02. The van der Waals surface area contributed by atoms with E-state index in [1.54, 1.807) is 12.5 Å². The second-order valence-electron chi connectivity index (χ2n) is 4.02. The Morgan fingerprint density at radius 2 is 2.08 bits per heavy atom. The number of imidazole rings is 1. The van der Waals surface area contributed by atoms with Crippen LogP contribution in [0.3, 0.4) is 0 Å². The van der Waals surface area contributed by atoms with E-state index in [1.807, 2.05) is 10.8 Å². The highest BCUT2D eigenvalue weighted by Gasteiger charge is 2.29. The van der Waals surface area contributed by atoms with Crippen LogP contribution in [0.5, 0.6) is 0 Å². The van der Waals surface area contributed by atoms with E-state index in [4.69, 9.17) is 0 Å². The van der Waals surface area contributed by atoms with Gasteiger partial charge in [-0.15, -0.1) is 0 Å². The Balaban J connectivity index is 1.99. The standard InChI is InChI=1S/C10H16N2O/c13-10(4-2-1-3-5-10)8-12-7-6-11-9-12/h6-7,9,13H,1-5,8H2. The van der Waals surface area contributed by atoms with Gasteiger partial charge < -0.3 is 9.67 Å². The minimum atomic E-state index is -0.473. The maximum Gasteiger partial charge on any atom is 0.0946 e. The molecule has 1 N–H and O–H groups in total. The van der Waals surface area contributed by atoms with Gasteiger partial charge in [0.25, 0.3) is 0 Å². The first-order chi connectivity index (χ1) is 6.29. The molecule has 13 heavy (non-hydrogen) atoms. The van der Waals surface area contributed by atoms with Gasteiger partial charge in [0.2, 0.25) is 0 Å². The minimum Gasteiger partial charge on any atom is -0.388 e. The lowest BCUT2D eigenvalue weighted by atomic mass is 9.85. The first-order valence-corrected chi connectivity index (χ1v) is 4.97. The van der Waals surface area contributed by atoms with Crippen molar-refractivity contribution in [3.8, 4) is 0 Å². The van der Waals surface area contributed by atoms with E-state index in [9.17, 15) is 5.11 Å². The molecule has 1 aromatic rings. The van der Waals surface area contributed by atoms with Crippen LogP contribution in [0.1, 0.15) is 32.1 Å². The van der Waals surface area contributed by atoms with Crippen LogP contribution in [0.4, 0.5) is 0 Å². The molecule has 1 aliphatic rings. The largest absolute Gasteiger partial charge is 0.388 e. The van der Waals surface area contributed by atoms with E-state index < -0.39 is 5.60 Å². The topological polar surface area (TPSA) is 38.0 Å². The normalized spacial score (nSPS) is 21.6. The van der Waals surface area contributed by atoms with Crippen LogP contribution in [0.2, 0.25) is 0 Å². The molecule has 0 radical (unpaired) electrons. The SMILES string of the molecule is OC1(Cn2ccnc2)CCCCC1. The fourth-order valence-corrected chi connectivity index (χ4v) is 2.09. The molecule has 1 aromatic heterocycles. The summed E-state index contributed by atoms with van der Waals surface area (Å²) in [6.07, 6.45) is 10.9. The highest BCUT2D eigenvalue weighted by molar-refractivity contribution is 4.85. The summed E-state index contributed by atoms with van der Waals surface area (Å²) in [5.41, 5.74) is -0.473. The summed E-state index contributed by atoms with van der Waals surface area (Å²) in [7, 11) is 0. The Morgan fingerprint density at radius 3 is 2.69 bits per heavy atom. The van der Waals surface area contributed by atoms with Crippen molar-refractivity contribution >= 4 is 0 Å². The van der Waals surface area contributed by atoms with Crippen LogP contribution in [0.25, 0.3) is 0 Å². The highest BCUT2D eigenvalue weighted by atomic mass is 16.3. The molecule has 0 amide bonds. The molecule has 2 rings (SSSR count). The van der Waals surface area contributed by atoms with Gasteiger partial charge in [-0.2, -0.15) is 0 Å². The lowest BCUT2D eigenvalue weighted by molar-refractivity contribution is -0.0114. The lowest BCUT2D eigenvalue weighted by Crippen LogP contribution is -2.35. The molecule has 1 heterocycles. The molecular weight excluding hydrogens is 164 g/mol. The molecule has 1 fully saturated rings. The third kappa shape index (κ3) is 2.10. The van der Waals surface area contributed by atoms with Crippen LogP contribution < -0.4 is 0 Å². The van der Waals surface area contributed by atoms with Crippen LogP contribution in [0, 0.1) is 0 Å². The molecule has 0 aliphatic heterocycles. The van der Waals surface area contributed by atoms with Gasteiger partial charge in [0.05, 0.1) is 18.5 Å². The smallest absolute Gasteiger partial charge is 0.0946 e. The highest BCUT2D eigenvalue weighted by Crippen LogP contribution is 2.29. The van der Waals surface area contributed by atoms with E-state index in [0.29, 0.717) is 6.54 Å². The Kier molecular flexibility index (Phi) is 2.36. The zero-order chi connectivity index (χ0) is 9.15. The lowest BCUT2D eigenvalue weighted by Gasteiger charge is -2.32. The molecule has 72 valence electrons. The average molecular weight is 180 g/mol. The molecule has 0 bridgehead atoms. The number of rotatable bonds is 2. The number of aliphatic hydroxyl groups is 1. The number of nitrogens with zero attached hydrogens (tertiary/aromatic N) is 2. The van der Waals surface area contributed by atoms with Crippen molar-refractivity contribution in [3.63, 3.8) is 0 Å². The zero-order valence-corrected chi connectivity index (χ0v) is 7.82. The molecule has 3 heteroatoms. The fourth-order valence-electron chi connectivity index (χ4n) is 2.09. The average Bonchev–Trinajstić information content (AvgIpc) is 2.57. The maximum absolute atomic E-state index is 10.2. The molecule has 0 atom stereocenters. The molecule has 3 nitrogen and oxygen atoms in total. The van der Waals surface area contributed by atoms with Crippen molar-refractivity contribution in [1.82, 2.24) is 9.55 Å². The Labute approximate surface area is 78.4 Å². The van der Waals surface area contributed by atoms with Gasteiger partial charge in [-0.05, 0) is 12.8 Å². The first-order valence-electron chi connectivity index (χ1n) is 4.97. The third-order valence-electron chi connectivity index (χ3n) is 2.82. The third-order valence-corrected chi connectivity index (χ3v) is 2.82. The minimum absolute atomic E-state index is 0.473. The molecule has 0 saturated heterocycles. The number of hydrogen-bond donors (Lipinski definition) is 1. The summed E-state index contributed by atoms with van der Waals surface area (Å²) in [5, 5.41) is 10.2. The summed E-state index contributed by atoms with van der Waals surface area (Å²) >= 11 is 0. The zero-order valence-electron chi connectivity index (χ0n) is 7.82. The summed E-state index contributed by atoms with van der Waals surface area (Å²) in [4.78, 5) is 3.97. The molecule has 1 saturated carbocycles. The fraction of sp³-hybridized carbons (Fsp3) is 0.700. The van der Waals surface area contributed by atoms with Gasteiger partial charge >= 0.3 is 0 Å². The predicted molar refractivity (Wildman–Crippen MR) is 50.3 cm³/mol. The Morgan fingerprint density at radius 1 is 1.31 bits per heavy atom.